The first-order valence-corrected chi connectivity index (χ1v) is 6.86. The Kier molecular flexibility index (Phi) is 8.57. The fourth-order valence-electron chi connectivity index (χ4n) is 1.63. The van der Waals surface area contributed by atoms with E-state index in [1.165, 1.54) is 0 Å². The maximum Gasteiger partial charge on any atom is 0.142 e. The molecule has 1 aromatic carbocycles. The van der Waals surface area contributed by atoms with E-state index in [4.69, 9.17) is 25.8 Å². The minimum atomic E-state index is -0.703. The molecule has 0 saturated heterocycles. The molecular formula is C14H22ClNO4. The van der Waals surface area contributed by atoms with Crippen LogP contribution in [-0.4, -0.2) is 51.8 Å². The number of ether oxygens (including phenoxy) is 3. The van der Waals surface area contributed by atoms with E-state index in [1.807, 2.05) is 19.2 Å². The van der Waals surface area contributed by atoms with Gasteiger partial charge in [0.25, 0.3) is 0 Å². The summed E-state index contributed by atoms with van der Waals surface area (Å²) >= 11 is 6.11. The van der Waals surface area contributed by atoms with Crippen LogP contribution < -0.4 is 10.1 Å². The smallest absolute Gasteiger partial charge is 0.142 e. The largest absolute Gasteiger partial charge is 0.489 e. The van der Waals surface area contributed by atoms with Crippen LogP contribution in [0.5, 0.6) is 5.75 Å². The van der Waals surface area contributed by atoms with Crippen molar-refractivity contribution in [3.05, 3.63) is 28.8 Å². The summed E-state index contributed by atoms with van der Waals surface area (Å²) < 4.78 is 15.7. The summed E-state index contributed by atoms with van der Waals surface area (Å²) in [5.74, 6) is 0.597. The number of nitrogens with one attached hydrogen (secondary N) is 1. The number of rotatable bonds is 10. The van der Waals surface area contributed by atoms with Gasteiger partial charge in [-0.05, 0) is 13.1 Å². The van der Waals surface area contributed by atoms with Crippen LogP contribution in [0.4, 0.5) is 0 Å². The molecule has 0 aliphatic carbocycles. The lowest BCUT2D eigenvalue weighted by Gasteiger charge is -2.16. The topological polar surface area (TPSA) is 60.0 Å². The minimum Gasteiger partial charge on any atom is -0.489 e. The summed E-state index contributed by atoms with van der Waals surface area (Å²) in [5, 5.41) is 13.4. The number of benzene rings is 1. The number of aliphatic hydroxyl groups excluding tert-OH is 1. The molecule has 0 aliphatic heterocycles. The highest BCUT2D eigenvalue weighted by atomic mass is 35.5. The van der Waals surface area contributed by atoms with Crippen LogP contribution in [0.15, 0.2) is 18.2 Å². The van der Waals surface area contributed by atoms with Gasteiger partial charge in [0.1, 0.15) is 18.5 Å². The summed E-state index contributed by atoms with van der Waals surface area (Å²) in [6.07, 6.45) is -0.703. The Balaban J connectivity index is 2.44. The van der Waals surface area contributed by atoms with Crippen LogP contribution in [0.2, 0.25) is 5.02 Å². The van der Waals surface area contributed by atoms with Crippen molar-refractivity contribution in [1.82, 2.24) is 5.32 Å². The first-order chi connectivity index (χ1) is 9.69. The number of hydrogen-bond acceptors (Lipinski definition) is 5. The predicted molar refractivity (Wildman–Crippen MR) is 78.4 cm³/mol. The summed E-state index contributed by atoms with van der Waals surface area (Å²) in [7, 11) is 3.45. The lowest BCUT2D eigenvalue weighted by Crippen LogP contribution is -2.25. The van der Waals surface area contributed by atoms with Crippen molar-refractivity contribution < 1.29 is 19.3 Å². The standard InChI is InChI=1S/C14H22ClNO4/c1-16-8-11-4-3-5-13(15)14(11)20-10-12(17)9-19-7-6-18-2/h3-5,12,16-17H,6-10H2,1-2H3. The predicted octanol–water partition coefficient (Wildman–Crippen LogP) is 1.46. The summed E-state index contributed by atoms with van der Waals surface area (Å²) in [4.78, 5) is 0. The Morgan fingerprint density at radius 1 is 1.30 bits per heavy atom. The lowest BCUT2D eigenvalue weighted by molar-refractivity contribution is -0.00431. The zero-order valence-electron chi connectivity index (χ0n) is 11.9. The van der Waals surface area contributed by atoms with Crippen molar-refractivity contribution >= 4 is 11.6 Å². The van der Waals surface area contributed by atoms with Crippen LogP contribution in [0.3, 0.4) is 0 Å². The van der Waals surface area contributed by atoms with Gasteiger partial charge in [-0.25, -0.2) is 0 Å². The Morgan fingerprint density at radius 2 is 2.10 bits per heavy atom. The van der Waals surface area contributed by atoms with Gasteiger partial charge in [0, 0.05) is 19.2 Å². The molecule has 2 N–H and O–H groups in total. The molecule has 0 aliphatic rings. The van der Waals surface area contributed by atoms with Gasteiger partial charge in [0.2, 0.25) is 0 Å². The maximum atomic E-state index is 9.77. The SMILES string of the molecule is CNCc1cccc(Cl)c1OCC(O)COCCOC. The van der Waals surface area contributed by atoms with Gasteiger partial charge in [0.05, 0.1) is 24.8 Å². The van der Waals surface area contributed by atoms with E-state index in [-0.39, 0.29) is 13.2 Å². The van der Waals surface area contributed by atoms with E-state index >= 15 is 0 Å². The van der Waals surface area contributed by atoms with Crippen molar-refractivity contribution in [2.45, 2.75) is 12.6 Å². The van der Waals surface area contributed by atoms with Crippen molar-refractivity contribution in [2.75, 3.05) is 40.6 Å². The molecule has 1 unspecified atom stereocenters. The van der Waals surface area contributed by atoms with Crippen LogP contribution in [0.1, 0.15) is 5.56 Å². The first-order valence-electron chi connectivity index (χ1n) is 6.48. The van der Waals surface area contributed by atoms with E-state index in [1.54, 1.807) is 13.2 Å². The van der Waals surface area contributed by atoms with Crippen LogP contribution >= 0.6 is 11.6 Å². The highest BCUT2D eigenvalue weighted by Gasteiger charge is 2.11. The third-order valence-electron chi connectivity index (χ3n) is 2.58. The summed E-state index contributed by atoms with van der Waals surface area (Å²) in [5.41, 5.74) is 0.951. The van der Waals surface area contributed by atoms with Gasteiger partial charge in [-0.3, -0.25) is 0 Å². The molecule has 0 aromatic heterocycles. The van der Waals surface area contributed by atoms with Crippen molar-refractivity contribution in [3.63, 3.8) is 0 Å². The summed E-state index contributed by atoms with van der Waals surface area (Å²) in [6.45, 7) is 1.94. The fraction of sp³-hybridized carbons (Fsp3) is 0.571. The first kappa shape index (κ1) is 17.2. The van der Waals surface area contributed by atoms with Crippen LogP contribution in [0.25, 0.3) is 0 Å². The number of para-hydroxylation sites is 1. The van der Waals surface area contributed by atoms with Gasteiger partial charge in [-0.1, -0.05) is 23.7 Å². The molecule has 0 saturated carbocycles. The third kappa shape index (κ3) is 6.07. The van der Waals surface area contributed by atoms with Crippen molar-refractivity contribution in [1.29, 1.82) is 0 Å². The molecule has 114 valence electrons. The molecule has 0 bridgehead atoms. The molecular weight excluding hydrogens is 282 g/mol. The molecule has 6 heteroatoms. The van der Waals surface area contributed by atoms with E-state index in [2.05, 4.69) is 5.32 Å². The molecule has 0 heterocycles. The van der Waals surface area contributed by atoms with Crippen LogP contribution in [-0.2, 0) is 16.0 Å². The van der Waals surface area contributed by atoms with Gasteiger partial charge >= 0.3 is 0 Å². The Morgan fingerprint density at radius 3 is 2.80 bits per heavy atom. The maximum absolute atomic E-state index is 9.77. The second-order valence-corrected chi connectivity index (χ2v) is 4.70. The molecule has 1 atom stereocenters. The summed E-state index contributed by atoms with van der Waals surface area (Å²) in [6, 6.07) is 5.56. The fourth-order valence-corrected chi connectivity index (χ4v) is 1.88. The second-order valence-electron chi connectivity index (χ2n) is 4.29. The number of hydrogen-bond donors (Lipinski definition) is 2. The Hall–Kier alpha value is -0.850. The molecule has 1 rings (SSSR count). The average Bonchev–Trinajstić information content (AvgIpc) is 2.43. The van der Waals surface area contributed by atoms with E-state index < -0.39 is 6.10 Å². The number of methoxy groups -OCH3 is 1. The van der Waals surface area contributed by atoms with Gasteiger partial charge in [-0.15, -0.1) is 0 Å². The second kappa shape index (κ2) is 9.96. The zero-order valence-corrected chi connectivity index (χ0v) is 12.7. The molecule has 0 fully saturated rings. The molecule has 0 spiro atoms. The average molecular weight is 304 g/mol. The Bertz CT molecular complexity index is 389. The third-order valence-corrected chi connectivity index (χ3v) is 2.88. The zero-order chi connectivity index (χ0) is 14.8. The normalized spacial score (nSPS) is 12.4. The molecule has 0 radical (unpaired) electrons. The van der Waals surface area contributed by atoms with Crippen molar-refractivity contribution in [3.8, 4) is 5.75 Å². The van der Waals surface area contributed by atoms with E-state index in [0.717, 1.165) is 5.56 Å². The van der Waals surface area contributed by atoms with E-state index in [0.29, 0.717) is 30.5 Å². The highest BCUT2D eigenvalue weighted by molar-refractivity contribution is 6.32. The lowest BCUT2D eigenvalue weighted by atomic mass is 10.2. The number of halogens is 1. The van der Waals surface area contributed by atoms with Gasteiger partial charge in [0.15, 0.2) is 0 Å². The van der Waals surface area contributed by atoms with Gasteiger partial charge < -0.3 is 24.6 Å². The quantitative estimate of drug-likeness (QED) is 0.641. The van der Waals surface area contributed by atoms with Gasteiger partial charge in [-0.2, -0.15) is 0 Å². The molecule has 20 heavy (non-hydrogen) atoms. The highest BCUT2D eigenvalue weighted by Crippen LogP contribution is 2.28. The molecule has 5 nitrogen and oxygen atoms in total. The number of aliphatic hydroxyl groups is 1. The minimum absolute atomic E-state index is 0.132. The monoisotopic (exact) mass is 303 g/mol. The van der Waals surface area contributed by atoms with E-state index in [9.17, 15) is 5.11 Å². The molecule has 1 aromatic rings. The van der Waals surface area contributed by atoms with Crippen LogP contribution in [0, 0.1) is 0 Å². The van der Waals surface area contributed by atoms with Crippen molar-refractivity contribution in [2.24, 2.45) is 0 Å². The Labute approximate surface area is 124 Å². The molecule has 0 amide bonds.